The van der Waals surface area contributed by atoms with Crippen LogP contribution in [0.15, 0.2) is 42.6 Å². The van der Waals surface area contributed by atoms with E-state index in [9.17, 15) is 0 Å². The molecule has 3 heteroatoms. The van der Waals surface area contributed by atoms with E-state index in [1.54, 1.807) is 0 Å². The summed E-state index contributed by atoms with van der Waals surface area (Å²) in [5.41, 5.74) is 3.52. The first-order valence-electron chi connectivity index (χ1n) is 7.31. The van der Waals surface area contributed by atoms with Crippen molar-refractivity contribution < 1.29 is 4.74 Å². The monoisotopic (exact) mass is 284 g/mol. The van der Waals surface area contributed by atoms with E-state index in [-0.39, 0.29) is 5.41 Å². The zero-order chi connectivity index (χ0) is 15.3. The zero-order valence-corrected chi connectivity index (χ0v) is 13.3. The minimum Gasteiger partial charge on any atom is -0.487 e. The number of rotatable bonds is 5. The molecule has 0 spiro atoms. The summed E-state index contributed by atoms with van der Waals surface area (Å²) < 4.78 is 5.85. The summed E-state index contributed by atoms with van der Waals surface area (Å²) in [6.07, 6.45) is 1.89. The highest BCUT2D eigenvalue weighted by molar-refractivity contribution is 5.32. The molecule has 0 amide bonds. The maximum atomic E-state index is 5.85. The topological polar surface area (TPSA) is 34.1 Å². The molecule has 0 saturated heterocycles. The molecule has 0 aliphatic carbocycles. The number of nitrogens with zero attached hydrogens (tertiary/aromatic N) is 1. The van der Waals surface area contributed by atoms with Crippen LogP contribution in [0, 0.1) is 0 Å². The maximum Gasteiger partial charge on any atom is 0.130 e. The molecule has 0 fully saturated rings. The van der Waals surface area contributed by atoms with Gasteiger partial charge in [0.2, 0.25) is 0 Å². The van der Waals surface area contributed by atoms with Crippen LogP contribution < -0.4 is 10.1 Å². The molecule has 1 N–H and O–H groups in total. The summed E-state index contributed by atoms with van der Waals surface area (Å²) in [5, 5.41) is 3.11. The van der Waals surface area contributed by atoms with E-state index < -0.39 is 0 Å². The average Bonchev–Trinajstić information content (AvgIpc) is 2.46. The first-order valence-corrected chi connectivity index (χ1v) is 7.31. The minimum atomic E-state index is 0.131. The van der Waals surface area contributed by atoms with Crippen molar-refractivity contribution in [1.29, 1.82) is 0 Å². The van der Waals surface area contributed by atoms with Gasteiger partial charge in [-0.05, 0) is 41.8 Å². The Balaban J connectivity index is 1.99. The molecule has 0 radical (unpaired) electrons. The predicted octanol–water partition coefficient (Wildman–Crippen LogP) is 3.68. The van der Waals surface area contributed by atoms with E-state index >= 15 is 0 Å². The number of hydrogen-bond donors (Lipinski definition) is 1. The Hall–Kier alpha value is -1.87. The summed E-state index contributed by atoms with van der Waals surface area (Å²) in [7, 11) is 1.93. The van der Waals surface area contributed by atoms with Crippen molar-refractivity contribution in [2.45, 2.75) is 39.3 Å². The number of pyridine rings is 1. The van der Waals surface area contributed by atoms with Gasteiger partial charge in [0.1, 0.15) is 12.4 Å². The fourth-order valence-electron chi connectivity index (χ4n) is 2.06. The number of hydrogen-bond acceptors (Lipinski definition) is 3. The second-order valence-electron chi connectivity index (χ2n) is 6.25. The van der Waals surface area contributed by atoms with Crippen molar-refractivity contribution in [2.75, 3.05) is 7.05 Å². The molecule has 112 valence electrons. The SMILES string of the molecule is CNCc1ccc(COc2cccc(C(C)(C)C)c2)nc1. The second-order valence-corrected chi connectivity index (χ2v) is 6.25. The Bertz CT molecular complexity index is 571. The molecule has 1 heterocycles. The van der Waals surface area contributed by atoms with Crippen molar-refractivity contribution in [1.82, 2.24) is 10.3 Å². The molecule has 0 aliphatic heterocycles. The highest BCUT2D eigenvalue weighted by Gasteiger charge is 2.13. The molecule has 21 heavy (non-hydrogen) atoms. The van der Waals surface area contributed by atoms with Crippen molar-refractivity contribution >= 4 is 0 Å². The van der Waals surface area contributed by atoms with Gasteiger partial charge in [-0.25, -0.2) is 0 Å². The van der Waals surface area contributed by atoms with Gasteiger partial charge < -0.3 is 10.1 Å². The van der Waals surface area contributed by atoms with Crippen molar-refractivity contribution in [2.24, 2.45) is 0 Å². The van der Waals surface area contributed by atoms with Crippen LogP contribution in [0.5, 0.6) is 5.75 Å². The van der Waals surface area contributed by atoms with Gasteiger partial charge in [0.15, 0.2) is 0 Å². The van der Waals surface area contributed by atoms with Gasteiger partial charge in [0.25, 0.3) is 0 Å². The Morgan fingerprint density at radius 2 is 1.95 bits per heavy atom. The smallest absolute Gasteiger partial charge is 0.130 e. The number of nitrogens with one attached hydrogen (secondary N) is 1. The standard InChI is InChI=1S/C18H24N2O/c1-18(2,3)15-6-5-7-17(10-15)21-13-16-9-8-14(11-19-4)12-20-16/h5-10,12,19H,11,13H2,1-4H3. The summed E-state index contributed by atoms with van der Waals surface area (Å²) >= 11 is 0. The molecule has 0 saturated carbocycles. The Morgan fingerprint density at radius 1 is 1.14 bits per heavy atom. The van der Waals surface area contributed by atoms with Gasteiger partial charge in [-0.15, -0.1) is 0 Å². The van der Waals surface area contributed by atoms with Crippen LogP contribution in [0.4, 0.5) is 0 Å². The lowest BCUT2D eigenvalue weighted by Crippen LogP contribution is -2.11. The lowest BCUT2D eigenvalue weighted by Gasteiger charge is -2.19. The fraction of sp³-hybridized carbons (Fsp3) is 0.389. The Labute approximate surface area is 127 Å². The normalized spacial score (nSPS) is 11.4. The quantitative estimate of drug-likeness (QED) is 0.909. The van der Waals surface area contributed by atoms with Crippen LogP contribution in [0.1, 0.15) is 37.6 Å². The van der Waals surface area contributed by atoms with E-state index in [0.29, 0.717) is 6.61 Å². The van der Waals surface area contributed by atoms with Crippen LogP contribution in [0.2, 0.25) is 0 Å². The van der Waals surface area contributed by atoms with Crippen LogP contribution in [-0.2, 0) is 18.6 Å². The number of ether oxygens (including phenoxy) is 1. The molecular formula is C18H24N2O. The van der Waals surface area contributed by atoms with Crippen molar-refractivity contribution in [3.63, 3.8) is 0 Å². The van der Waals surface area contributed by atoms with E-state index in [0.717, 1.165) is 18.0 Å². The molecule has 0 bridgehead atoms. The zero-order valence-electron chi connectivity index (χ0n) is 13.3. The van der Waals surface area contributed by atoms with E-state index in [2.05, 4.69) is 49.3 Å². The van der Waals surface area contributed by atoms with Gasteiger partial charge in [0.05, 0.1) is 5.69 Å². The minimum absolute atomic E-state index is 0.131. The molecule has 0 unspecified atom stereocenters. The van der Waals surface area contributed by atoms with Crippen LogP contribution in [-0.4, -0.2) is 12.0 Å². The van der Waals surface area contributed by atoms with E-state index in [1.165, 1.54) is 11.1 Å². The Kier molecular flexibility index (Phi) is 4.97. The molecule has 3 nitrogen and oxygen atoms in total. The highest BCUT2D eigenvalue weighted by Crippen LogP contribution is 2.25. The Morgan fingerprint density at radius 3 is 2.57 bits per heavy atom. The number of aromatic nitrogens is 1. The first-order chi connectivity index (χ1) is 9.99. The molecule has 0 aliphatic rings. The molecule has 2 aromatic rings. The van der Waals surface area contributed by atoms with E-state index in [4.69, 9.17) is 4.74 Å². The van der Waals surface area contributed by atoms with Gasteiger partial charge in [-0.2, -0.15) is 0 Å². The van der Waals surface area contributed by atoms with Crippen LogP contribution in [0.25, 0.3) is 0 Å². The lowest BCUT2D eigenvalue weighted by molar-refractivity contribution is 0.300. The maximum absolute atomic E-state index is 5.85. The predicted molar refractivity (Wildman–Crippen MR) is 86.5 cm³/mol. The van der Waals surface area contributed by atoms with Gasteiger partial charge >= 0.3 is 0 Å². The fourth-order valence-corrected chi connectivity index (χ4v) is 2.06. The van der Waals surface area contributed by atoms with E-state index in [1.807, 2.05) is 31.4 Å². The second kappa shape index (κ2) is 6.72. The third-order valence-corrected chi connectivity index (χ3v) is 3.35. The van der Waals surface area contributed by atoms with Crippen LogP contribution in [0.3, 0.4) is 0 Å². The summed E-state index contributed by atoms with van der Waals surface area (Å²) in [5.74, 6) is 0.892. The third-order valence-electron chi connectivity index (χ3n) is 3.35. The van der Waals surface area contributed by atoms with Crippen LogP contribution >= 0.6 is 0 Å². The average molecular weight is 284 g/mol. The molecular weight excluding hydrogens is 260 g/mol. The summed E-state index contributed by atoms with van der Waals surface area (Å²) in [6, 6.07) is 12.4. The summed E-state index contributed by atoms with van der Waals surface area (Å²) in [6.45, 7) is 7.94. The first kappa shape index (κ1) is 15.5. The molecule has 2 rings (SSSR count). The third kappa shape index (κ3) is 4.57. The highest BCUT2D eigenvalue weighted by atomic mass is 16.5. The van der Waals surface area contributed by atoms with Gasteiger partial charge in [-0.3, -0.25) is 4.98 Å². The van der Waals surface area contributed by atoms with Crippen molar-refractivity contribution in [3.8, 4) is 5.75 Å². The van der Waals surface area contributed by atoms with Gasteiger partial charge in [0, 0.05) is 12.7 Å². The van der Waals surface area contributed by atoms with Gasteiger partial charge in [-0.1, -0.05) is 39.0 Å². The molecule has 1 aromatic heterocycles. The number of benzene rings is 1. The van der Waals surface area contributed by atoms with Crippen molar-refractivity contribution in [3.05, 3.63) is 59.4 Å². The molecule has 1 aromatic carbocycles. The molecule has 0 atom stereocenters. The lowest BCUT2D eigenvalue weighted by atomic mass is 9.87. The largest absolute Gasteiger partial charge is 0.487 e. The summed E-state index contributed by atoms with van der Waals surface area (Å²) in [4.78, 5) is 4.42.